The highest BCUT2D eigenvalue weighted by molar-refractivity contribution is 7.42. The fourth-order valence-electron chi connectivity index (χ4n) is 6.40. The molecule has 0 radical (unpaired) electrons. The third kappa shape index (κ3) is 15.9. The number of unbranched alkanes of at least 4 members (excludes halogenated alkanes) is 2. The molecule has 0 saturated heterocycles. The van der Waals surface area contributed by atoms with Crippen LogP contribution < -0.4 is 9.05 Å². The molecular formula is C44H71O8P. The van der Waals surface area contributed by atoms with Gasteiger partial charge in [0.25, 0.3) is 0 Å². The fraction of sp³-hybridized carbons (Fsp3) is 0.682. The molecule has 0 bridgehead atoms. The summed E-state index contributed by atoms with van der Waals surface area (Å²) >= 11 is 0. The van der Waals surface area contributed by atoms with Crippen LogP contribution in [0.2, 0.25) is 0 Å². The number of hydrogen-bond acceptors (Lipinski definition) is 8. The second-order valence-electron chi connectivity index (χ2n) is 16.8. The summed E-state index contributed by atoms with van der Waals surface area (Å²) in [6.07, 6.45) is 10.5. The molecule has 0 aliphatic heterocycles. The van der Waals surface area contributed by atoms with E-state index in [1.165, 1.54) is 0 Å². The molecule has 0 saturated carbocycles. The van der Waals surface area contributed by atoms with Gasteiger partial charge in [-0.1, -0.05) is 132 Å². The molecular weight excluding hydrogens is 687 g/mol. The van der Waals surface area contributed by atoms with Gasteiger partial charge in [0, 0.05) is 24.0 Å². The maximum absolute atomic E-state index is 12.7. The second-order valence-corrected chi connectivity index (χ2v) is 17.7. The van der Waals surface area contributed by atoms with E-state index < -0.39 is 8.60 Å². The highest BCUT2D eigenvalue weighted by atomic mass is 31.2. The van der Waals surface area contributed by atoms with Crippen LogP contribution in [0.3, 0.4) is 0 Å². The van der Waals surface area contributed by atoms with E-state index in [1.54, 1.807) is 0 Å². The molecule has 53 heavy (non-hydrogen) atoms. The van der Waals surface area contributed by atoms with Gasteiger partial charge in [-0.25, -0.2) is 5.26 Å². The van der Waals surface area contributed by atoms with E-state index in [2.05, 4.69) is 81.4 Å². The lowest BCUT2D eigenvalue weighted by Crippen LogP contribution is -2.17. The number of esters is 2. The standard InChI is InChI=1S/C44H71O8P/c1-13-17-19-33(15-3)29-48-39(45)23-21-35-25-31(5)41(37(27-35)43(7,8)9)50-53(52-47)51-42-32(6)26-36(28-38(42)44(10,11)12)22-24-40(46)49-30-34(16-4)20-18-14-2/h25-28,33-34,47H,13-24,29-30H2,1-12H3. The van der Waals surface area contributed by atoms with Gasteiger partial charge in [-0.05, 0) is 84.5 Å². The number of aryl methyl sites for hydroxylation is 4. The van der Waals surface area contributed by atoms with Gasteiger partial charge in [0.15, 0.2) is 0 Å². The van der Waals surface area contributed by atoms with Crippen molar-refractivity contribution in [1.29, 1.82) is 0 Å². The minimum absolute atomic E-state index is 0.181. The number of rotatable bonds is 23. The van der Waals surface area contributed by atoms with Crippen molar-refractivity contribution < 1.29 is 38.0 Å². The van der Waals surface area contributed by atoms with Gasteiger partial charge in [-0.2, -0.15) is 0 Å². The molecule has 0 aromatic heterocycles. The Labute approximate surface area is 323 Å². The first kappa shape index (κ1) is 46.5. The van der Waals surface area contributed by atoms with Crippen LogP contribution in [0.25, 0.3) is 0 Å². The van der Waals surface area contributed by atoms with Crippen molar-refractivity contribution in [2.24, 2.45) is 11.8 Å². The van der Waals surface area contributed by atoms with Gasteiger partial charge in [0.05, 0.1) is 13.2 Å². The molecule has 0 fully saturated rings. The third-order valence-electron chi connectivity index (χ3n) is 9.97. The van der Waals surface area contributed by atoms with Gasteiger partial charge in [0.1, 0.15) is 11.5 Å². The van der Waals surface area contributed by atoms with Crippen LogP contribution in [0.5, 0.6) is 11.5 Å². The first-order valence-electron chi connectivity index (χ1n) is 20.0. The van der Waals surface area contributed by atoms with Crippen molar-refractivity contribution in [2.45, 2.75) is 171 Å². The fourth-order valence-corrected chi connectivity index (χ4v) is 7.29. The summed E-state index contributed by atoms with van der Waals surface area (Å²) in [5, 5.41) is 10.1. The first-order valence-corrected chi connectivity index (χ1v) is 21.1. The summed E-state index contributed by atoms with van der Waals surface area (Å²) in [7, 11) is -2.25. The monoisotopic (exact) mass is 758 g/mol. The highest BCUT2D eigenvalue weighted by Crippen LogP contribution is 2.48. The average molecular weight is 759 g/mol. The minimum atomic E-state index is -2.25. The van der Waals surface area contributed by atoms with Crippen LogP contribution >= 0.6 is 8.60 Å². The largest absolute Gasteiger partial charge is 0.492 e. The Bertz CT molecular complexity index is 1320. The van der Waals surface area contributed by atoms with Gasteiger partial charge in [-0.3, -0.25) is 9.59 Å². The molecule has 2 aromatic carbocycles. The van der Waals surface area contributed by atoms with E-state index in [-0.39, 0.29) is 22.8 Å². The summed E-state index contributed by atoms with van der Waals surface area (Å²) in [4.78, 5) is 25.4. The Balaban J connectivity index is 2.23. The van der Waals surface area contributed by atoms with Crippen LogP contribution in [-0.2, 0) is 47.4 Å². The maximum Gasteiger partial charge on any atom is 0.492 e. The molecule has 1 N–H and O–H groups in total. The predicted molar refractivity (Wildman–Crippen MR) is 217 cm³/mol. The molecule has 2 rings (SSSR count). The zero-order valence-corrected chi connectivity index (χ0v) is 36.0. The Kier molecular flexibility index (Phi) is 19.9. The summed E-state index contributed by atoms with van der Waals surface area (Å²) in [5.41, 5.74) is 4.94. The van der Waals surface area contributed by atoms with Crippen LogP contribution in [0.15, 0.2) is 24.3 Å². The SMILES string of the molecule is CCCCC(CC)COC(=O)CCc1cc(C)c(OP(OO)Oc2c(C)cc(CCC(=O)OCC(CC)CCCC)cc2C(C)(C)C)c(C(C)(C)C)c1. The number of hydrogen-bond donors (Lipinski definition) is 1. The molecule has 9 heteroatoms. The molecule has 0 spiro atoms. The van der Waals surface area contributed by atoms with E-state index in [0.717, 1.165) is 84.7 Å². The minimum Gasteiger partial charge on any atom is -0.465 e. The third-order valence-corrected chi connectivity index (χ3v) is 10.8. The van der Waals surface area contributed by atoms with Crippen molar-refractivity contribution in [1.82, 2.24) is 0 Å². The van der Waals surface area contributed by atoms with E-state index >= 15 is 0 Å². The predicted octanol–water partition coefficient (Wildman–Crippen LogP) is 12.5. The van der Waals surface area contributed by atoms with Crippen molar-refractivity contribution in [3.05, 3.63) is 57.6 Å². The molecule has 2 unspecified atom stereocenters. The number of carbonyl (C=O) groups is 2. The summed E-state index contributed by atoms with van der Waals surface area (Å²) in [5.74, 6) is 1.61. The van der Waals surface area contributed by atoms with Gasteiger partial charge in [-0.15, -0.1) is 4.67 Å². The Hall–Kier alpha value is -2.67. The van der Waals surface area contributed by atoms with E-state index in [4.69, 9.17) is 23.2 Å². The molecule has 0 heterocycles. The van der Waals surface area contributed by atoms with Crippen molar-refractivity contribution >= 4 is 20.5 Å². The summed E-state index contributed by atoms with van der Waals surface area (Å²) < 4.78 is 28.9. The lowest BCUT2D eigenvalue weighted by molar-refractivity contribution is -0.146. The lowest BCUT2D eigenvalue weighted by atomic mass is 9.83. The molecule has 2 aromatic rings. The zero-order chi connectivity index (χ0) is 39.8. The van der Waals surface area contributed by atoms with Crippen molar-refractivity contribution in [2.75, 3.05) is 13.2 Å². The number of ether oxygens (including phenoxy) is 2. The molecule has 2 atom stereocenters. The number of benzene rings is 2. The quantitative estimate of drug-likeness (QED) is 0.0517. The van der Waals surface area contributed by atoms with Crippen molar-refractivity contribution in [3.63, 3.8) is 0 Å². The van der Waals surface area contributed by atoms with Crippen molar-refractivity contribution in [3.8, 4) is 11.5 Å². The Morgan fingerprint density at radius 1 is 0.660 bits per heavy atom. The van der Waals surface area contributed by atoms with Crippen LogP contribution in [0.4, 0.5) is 0 Å². The van der Waals surface area contributed by atoms with Crippen LogP contribution in [-0.4, -0.2) is 30.4 Å². The summed E-state index contributed by atoms with van der Waals surface area (Å²) in [6, 6.07) is 8.15. The van der Waals surface area contributed by atoms with Crippen LogP contribution in [0.1, 0.15) is 167 Å². The van der Waals surface area contributed by atoms with E-state index in [9.17, 15) is 14.8 Å². The molecule has 8 nitrogen and oxygen atoms in total. The second kappa shape index (κ2) is 22.6. The van der Waals surface area contributed by atoms with Gasteiger partial charge < -0.3 is 18.5 Å². The number of carbonyl (C=O) groups excluding carboxylic acids is 2. The molecule has 0 amide bonds. The Morgan fingerprint density at radius 3 is 1.34 bits per heavy atom. The summed E-state index contributed by atoms with van der Waals surface area (Å²) in [6.45, 7) is 26.1. The van der Waals surface area contributed by atoms with E-state index in [0.29, 0.717) is 62.2 Å². The normalized spacial score (nSPS) is 13.7. The van der Waals surface area contributed by atoms with Gasteiger partial charge in [0.2, 0.25) is 0 Å². The topological polar surface area (TPSA) is 101 Å². The smallest absolute Gasteiger partial charge is 0.465 e. The Morgan fingerprint density at radius 2 is 1.04 bits per heavy atom. The van der Waals surface area contributed by atoms with Gasteiger partial charge >= 0.3 is 20.5 Å². The zero-order valence-electron chi connectivity index (χ0n) is 35.1. The maximum atomic E-state index is 12.7. The highest BCUT2D eigenvalue weighted by Gasteiger charge is 2.30. The van der Waals surface area contributed by atoms with E-state index in [1.807, 2.05) is 26.0 Å². The lowest BCUT2D eigenvalue weighted by Gasteiger charge is -2.28. The molecule has 0 aliphatic rings. The average Bonchev–Trinajstić information content (AvgIpc) is 3.10. The molecule has 0 aliphatic carbocycles. The first-order chi connectivity index (χ1) is 25.0. The van der Waals surface area contributed by atoms with Crippen LogP contribution in [0, 0.1) is 25.7 Å². The molecule has 300 valence electrons.